The van der Waals surface area contributed by atoms with Crippen molar-refractivity contribution in [2.75, 3.05) is 39.3 Å². The predicted molar refractivity (Wildman–Crippen MR) is 102 cm³/mol. The third-order valence-corrected chi connectivity index (χ3v) is 5.91. The van der Waals surface area contributed by atoms with Crippen LogP contribution < -0.4 is 0 Å². The normalized spacial score (nSPS) is 21.4. The van der Waals surface area contributed by atoms with E-state index in [1.165, 1.54) is 0 Å². The molecule has 0 N–H and O–H groups in total. The predicted octanol–water partition coefficient (Wildman–Crippen LogP) is 1.30. The highest BCUT2D eigenvalue weighted by Gasteiger charge is 2.31. The zero-order valence-electron chi connectivity index (χ0n) is 16.4. The van der Waals surface area contributed by atoms with Crippen LogP contribution in [-0.2, 0) is 11.2 Å². The SMILES string of the molecule is CC(C)N1CCN(C(=O)CN2CCCc3nc(C4CC4)ncc3C2=O)CC1. The van der Waals surface area contributed by atoms with Gasteiger partial charge in [0.05, 0.1) is 11.3 Å². The van der Waals surface area contributed by atoms with E-state index in [9.17, 15) is 9.59 Å². The topological polar surface area (TPSA) is 69.6 Å². The summed E-state index contributed by atoms with van der Waals surface area (Å²) in [5, 5.41) is 0. The van der Waals surface area contributed by atoms with Crippen LogP contribution in [0.25, 0.3) is 0 Å². The van der Waals surface area contributed by atoms with E-state index in [2.05, 4.69) is 28.7 Å². The second-order valence-corrected chi connectivity index (χ2v) is 8.20. The number of nitrogens with zero attached hydrogens (tertiary/aromatic N) is 5. The lowest BCUT2D eigenvalue weighted by molar-refractivity contribution is -0.133. The number of rotatable bonds is 4. The lowest BCUT2D eigenvalue weighted by Crippen LogP contribution is -2.53. The third kappa shape index (κ3) is 3.98. The van der Waals surface area contributed by atoms with Crippen LogP contribution in [-0.4, -0.2) is 81.8 Å². The maximum Gasteiger partial charge on any atom is 0.257 e. The lowest BCUT2D eigenvalue weighted by atomic mass is 10.1. The molecule has 7 heteroatoms. The van der Waals surface area contributed by atoms with Crippen molar-refractivity contribution in [3.05, 3.63) is 23.3 Å². The summed E-state index contributed by atoms with van der Waals surface area (Å²) in [6, 6.07) is 0.506. The van der Waals surface area contributed by atoms with Gasteiger partial charge in [0.15, 0.2) is 0 Å². The average Bonchev–Trinajstić information content (AvgIpc) is 3.52. The Labute approximate surface area is 160 Å². The third-order valence-electron chi connectivity index (χ3n) is 5.91. The molecule has 0 spiro atoms. The van der Waals surface area contributed by atoms with Gasteiger partial charge < -0.3 is 9.80 Å². The fourth-order valence-electron chi connectivity index (χ4n) is 3.95. The quantitative estimate of drug-likeness (QED) is 0.798. The smallest absolute Gasteiger partial charge is 0.257 e. The van der Waals surface area contributed by atoms with Crippen LogP contribution in [0.1, 0.15) is 60.9 Å². The molecule has 2 aliphatic heterocycles. The molecule has 0 bridgehead atoms. The summed E-state index contributed by atoms with van der Waals surface area (Å²) in [5.41, 5.74) is 1.44. The van der Waals surface area contributed by atoms with Gasteiger partial charge in [-0.2, -0.15) is 0 Å². The van der Waals surface area contributed by atoms with Crippen molar-refractivity contribution in [1.82, 2.24) is 24.7 Å². The van der Waals surface area contributed by atoms with Gasteiger partial charge in [-0.05, 0) is 39.5 Å². The Bertz CT molecular complexity index is 723. The number of aromatic nitrogens is 2. The van der Waals surface area contributed by atoms with E-state index in [1.807, 2.05) is 4.90 Å². The molecule has 3 aliphatic rings. The van der Waals surface area contributed by atoms with Gasteiger partial charge in [0.2, 0.25) is 5.91 Å². The minimum atomic E-state index is -0.0981. The van der Waals surface area contributed by atoms with E-state index in [0.717, 1.165) is 63.4 Å². The lowest BCUT2D eigenvalue weighted by Gasteiger charge is -2.37. The summed E-state index contributed by atoms with van der Waals surface area (Å²) in [7, 11) is 0. The highest BCUT2D eigenvalue weighted by atomic mass is 16.2. The second kappa shape index (κ2) is 7.54. The standard InChI is InChI=1S/C20H29N5O2/c1-14(2)23-8-10-24(11-9-23)18(26)13-25-7-3-4-17-16(20(25)27)12-21-19(22-17)15-5-6-15/h12,14-15H,3-11,13H2,1-2H3. The van der Waals surface area contributed by atoms with Crippen LogP contribution in [0.15, 0.2) is 6.20 Å². The first-order valence-electron chi connectivity index (χ1n) is 10.2. The van der Waals surface area contributed by atoms with Crippen LogP contribution in [0, 0.1) is 0 Å². The number of aryl methyl sites for hydroxylation is 1. The van der Waals surface area contributed by atoms with Crippen LogP contribution >= 0.6 is 0 Å². The van der Waals surface area contributed by atoms with Crippen LogP contribution in [0.2, 0.25) is 0 Å². The van der Waals surface area contributed by atoms with Crippen LogP contribution in [0.3, 0.4) is 0 Å². The van der Waals surface area contributed by atoms with Gasteiger partial charge in [0.1, 0.15) is 12.4 Å². The van der Waals surface area contributed by atoms with Crippen molar-refractivity contribution in [3.8, 4) is 0 Å². The summed E-state index contributed by atoms with van der Waals surface area (Å²) >= 11 is 0. The molecule has 27 heavy (non-hydrogen) atoms. The molecule has 146 valence electrons. The maximum atomic E-state index is 13.0. The Morgan fingerprint density at radius 2 is 1.93 bits per heavy atom. The van der Waals surface area contributed by atoms with Gasteiger partial charge in [-0.3, -0.25) is 14.5 Å². The monoisotopic (exact) mass is 371 g/mol. The summed E-state index contributed by atoms with van der Waals surface area (Å²) in [5.74, 6) is 1.31. The Hall–Kier alpha value is -2.02. The molecule has 2 amide bonds. The zero-order chi connectivity index (χ0) is 19.0. The van der Waals surface area contributed by atoms with Gasteiger partial charge in [-0.25, -0.2) is 9.97 Å². The zero-order valence-corrected chi connectivity index (χ0v) is 16.4. The molecule has 1 aromatic rings. The molecule has 0 aromatic carbocycles. The number of fused-ring (bicyclic) bond motifs is 1. The van der Waals surface area contributed by atoms with E-state index >= 15 is 0 Å². The van der Waals surface area contributed by atoms with E-state index in [-0.39, 0.29) is 18.4 Å². The summed E-state index contributed by atoms with van der Waals surface area (Å²) < 4.78 is 0. The second-order valence-electron chi connectivity index (χ2n) is 8.20. The number of hydrogen-bond acceptors (Lipinski definition) is 5. The molecule has 2 fully saturated rings. The molecule has 4 rings (SSSR count). The minimum absolute atomic E-state index is 0.0470. The fraction of sp³-hybridized carbons (Fsp3) is 0.700. The van der Waals surface area contributed by atoms with Crippen LogP contribution in [0.5, 0.6) is 0 Å². The van der Waals surface area contributed by atoms with E-state index < -0.39 is 0 Å². The molecule has 7 nitrogen and oxygen atoms in total. The van der Waals surface area contributed by atoms with E-state index in [1.54, 1.807) is 11.1 Å². The van der Waals surface area contributed by atoms with Crippen molar-refractivity contribution in [2.45, 2.75) is 51.5 Å². The average molecular weight is 371 g/mol. The molecule has 0 unspecified atom stereocenters. The van der Waals surface area contributed by atoms with E-state index in [4.69, 9.17) is 0 Å². The highest BCUT2D eigenvalue weighted by Crippen LogP contribution is 2.38. The molecular formula is C20H29N5O2. The summed E-state index contributed by atoms with van der Waals surface area (Å²) in [6.45, 7) is 8.40. The molecule has 1 saturated heterocycles. The molecule has 3 heterocycles. The van der Waals surface area contributed by atoms with Crippen molar-refractivity contribution >= 4 is 11.8 Å². The van der Waals surface area contributed by atoms with Gasteiger partial charge in [-0.15, -0.1) is 0 Å². The maximum absolute atomic E-state index is 13.0. The van der Waals surface area contributed by atoms with Gasteiger partial charge in [0, 0.05) is 50.9 Å². The van der Waals surface area contributed by atoms with Crippen molar-refractivity contribution in [2.24, 2.45) is 0 Å². The fourth-order valence-corrected chi connectivity index (χ4v) is 3.95. The van der Waals surface area contributed by atoms with Crippen molar-refractivity contribution in [1.29, 1.82) is 0 Å². The molecule has 0 radical (unpaired) electrons. The molecule has 0 atom stereocenters. The first kappa shape index (κ1) is 18.3. The molecular weight excluding hydrogens is 342 g/mol. The van der Waals surface area contributed by atoms with Crippen LogP contribution in [0.4, 0.5) is 0 Å². The Balaban J connectivity index is 1.40. The van der Waals surface area contributed by atoms with Crippen molar-refractivity contribution in [3.63, 3.8) is 0 Å². The molecule has 1 aliphatic carbocycles. The largest absolute Gasteiger partial charge is 0.339 e. The minimum Gasteiger partial charge on any atom is -0.339 e. The molecule has 1 aromatic heterocycles. The summed E-state index contributed by atoms with van der Waals surface area (Å²) in [6.07, 6.45) is 5.60. The van der Waals surface area contributed by atoms with E-state index in [0.29, 0.717) is 24.1 Å². The first-order chi connectivity index (χ1) is 13.0. The number of carbonyl (C=O) groups is 2. The number of piperazine rings is 1. The summed E-state index contributed by atoms with van der Waals surface area (Å²) in [4.78, 5) is 40.7. The number of hydrogen-bond donors (Lipinski definition) is 0. The van der Waals surface area contributed by atoms with Gasteiger partial charge in [-0.1, -0.05) is 0 Å². The number of amides is 2. The first-order valence-corrected chi connectivity index (χ1v) is 10.2. The number of carbonyl (C=O) groups excluding carboxylic acids is 2. The van der Waals surface area contributed by atoms with Gasteiger partial charge >= 0.3 is 0 Å². The Morgan fingerprint density at radius 3 is 2.59 bits per heavy atom. The highest BCUT2D eigenvalue weighted by molar-refractivity contribution is 5.97. The Kier molecular flexibility index (Phi) is 5.12. The van der Waals surface area contributed by atoms with Gasteiger partial charge in [0.25, 0.3) is 5.91 Å². The van der Waals surface area contributed by atoms with Crippen molar-refractivity contribution < 1.29 is 9.59 Å². The molecule has 1 saturated carbocycles. The Morgan fingerprint density at radius 1 is 1.19 bits per heavy atom.